The van der Waals surface area contributed by atoms with Crippen LogP contribution in [-0.4, -0.2) is 77.5 Å². The fourth-order valence-corrected chi connectivity index (χ4v) is 4.81. The molecule has 1 aromatic heterocycles. The third-order valence-corrected chi connectivity index (χ3v) is 6.38. The maximum Gasteiger partial charge on any atom is 0.312 e. The molecule has 9 heteroatoms. The van der Waals surface area contributed by atoms with Crippen molar-refractivity contribution in [1.82, 2.24) is 19.0 Å². The van der Waals surface area contributed by atoms with Gasteiger partial charge in [0.2, 0.25) is 10.0 Å². The molecule has 1 aromatic rings. The van der Waals surface area contributed by atoms with Gasteiger partial charge in [0.1, 0.15) is 0 Å². The minimum Gasteiger partial charge on any atom is -0.481 e. The number of rotatable bonds is 6. The van der Waals surface area contributed by atoms with E-state index in [9.17, 15) is 18.3 Å². The van der Waals surface area contributed by atoms with Gasteiger partial charge in [-0.25, -0.2) is 12.7 Å². The zero-order valence-electron chi connectivity index (χ0n) is 14.1. The molecule has 0 unspecified atom stereocenters. The van der Waals surface area contributed by atoms with Crippen LogP contribution < -0.4 is 0 Å². The number of carboxylic acid groups (broad SMARTS) is 1. The summed E-state index contributed by atoms with van der Waals surface area (Å²) in [6.07, 6.45) is 5.84. The number of fused-ring (bicyclic) bond motifs is 1. The molecule has 134 valence electrons. The second kappa shape index (κ2) is 6.12. The number of sulfonamides is 1. The number of hydrogen-bond donors (Lipinski definition) is 1. The van der Waals surface area contributed by atoms with Crippen molar-refractivity contribution in [2.24, 2.45) is 11.3 Å². The Balaban J connectivity index is 1.60. The number of nitrogens with zero attached hydrogens (tertiary/aromatic N) is 4. The molecule has 2 fully saturated rings. The molecule has 1 N–H and O–H groups in total. The monoisotopic (exact) mass is 356 g/mol. The Hall–Kier alpha value is -1.45. The van der Waals surface area contributed by atoms with Crippen LogP contribution in [0.15, 0.2) is 12.4 Å². The van der Waals surface area contributed by atoms with Crippen LogP contribution in [0.25, 0.3) is 0 Å². The number of aromatic nitrogens is 2. The molecule has 3 heterocycles. The molecular weight excluding hydrogens is 332 g/mol. The first-order chi connectivity index (χ1) is 11.2. The molecule has 0 bridgehead atoms. The zero-order valence-corrected chi connectivity index (χ0v) is 14.9. The summed E-state index contributed by atoms with van der Waals surface area (Å²) in [6.45, 7) is 5.03. The molecule has 0 saturated carbocycles. The number of carboxylic acids is 1. The van der Waals surface area contributed by atoms with E-state index < -0.39 is 21.4 Å². The lowest BCUT2D eigenvalue weighted by molar-refractivity contribution is -0.148. The third-order valence-electron chi connectivity index (χ3n) is 5.17. The van der Waals surface area contributed by atoms with Gasteiger partial charge in [0.25, 0.3) is 0 Å². The first kappa shape index (κ1) is 17.4. The quantitative estimate of drug-likeness (QED) is 0.762. The summed E-state index contributed by atoms with van der Waals surface area (Å²) in [5, 5.41) is 14.0. The van der Waals surface area contributed by atoms with Gasteiger partial charge in [-0.15, -0.1) is 0 Å². The highest BCUT2D eigenvalue weighted by molar-refractivity contribution is 7.88. The van der Waals surface area contributed by atoms with Gasteiger partial charge in [-0.1, -0.05) is 0 Å². The van der Waals surface area contributed by atoms with Crippen molar-refractivity contribution in [3.8, 4) is 0 Å². The second-order valence-corrected chi connectivity index (χ2v) is 9.07. The molecule has 3 rings (SSSR count). The number of hydrogen-bond acceptors (Lipinski definition) is 5. The van der Waals surface area contributed by atoms with Crippen molar-refractivity contribution < 1.29 is 18.3 Å². The molecule has 8 nitrogen and oxygen atoms in total. The van der Waals surface area contributed by atoms with Gasteiger partial charge in [-0.05, 0) is 25.5 Å². The molecule has 0 radical (unpaired) electrons. The van der Waals surface area contributed by atoms with E-state index in [1.165, 1.54) is 4.31 Å². The fraction of sp³-hybridized carbons (Fsp3) is 0.733. The topological polar surface area (TPSA) is 95.7 Å². The lowest BCUT2D eigenvalue weighted by Crippen LogP contribution is -2.42. The number of aryl methyl sites for hydroxylation is 2. The van der Waals surface area contributed by atoms with Gasteiger partial charge in [-0.2, -0.15) is 5.10 Å². The highest BCUT2D eigenvalue weighted by Crippen LogP contribution is 2.43. The van der Waals surface area contributed by atoms with E-state index in [0.29, 0.717) is 19.6 Å². The predicted molar refractivity (Wildman–Crippen MR) is 88.0 cm³/mol. The predicted octanol–water partition coefficient (Wildman–Crippen LogP) is -0.140. The summed E-state index contributed by atoms with van der Waals surface area (Å²) >= 11 is 0. The summed E-state index contributed by atoms with van der Waals surface area (Å²) in [7, 11) is -3.34. The maximum atomic E-state index is 11.9. The summed E-state index contributed by atoms with van der Waals surface area (Å²) < 4.78 is 26.7. The third kappa shape index (κ3) is 3.20. The average molecular weight is 356 g/mol. The molecule has 2 saturated heterocycles. The van der Waals surface area contributed by atoms with Gasteiger partial charge >= 0.3 is 5.97 Å². The van der Waals surface area contributed by atoms with Gasteiger partial charge in [0.05, 0.1) is 17.9 Å². The molecule has 2 aliphatic heterocycles. The highest BCUT2D eigenvalue weighted by Gasteiger charge is 2.58. The van der Waals surface area contributed by atoms with Crippen molar-refractivity contribution in [1.29, 1.82) is 0 Å². The molecule has 2 atom stereocenters. The summed E-state index contributed by atoms with van der Waals surface area (Å²) in [5.74, 6) is -1.03. The van der Waals surface area contributed by atoms with Crippen LogP contribution in [0.4, 0.5) is 0 Å². The standard InChI is InChI=1S/C15H24N4O4S/c1-12-6-16-18(7-12)5-3-4-17-8-13-9-19(24(2,22)23)11-15(13,10-17)14(20)21/h6-7,13H,3-5,8-11H2,1-2H3,(H,20,21)/t13-,15-/m0/s1. The van der Waals surface area contributed by atoms with Gasteiger partial charge in [0.15, 0.2) is 0 Å². The number of aliphatic carboxylic acids is 1. The van der Waals surface area contributed by atoms with Gasteiger partial charge < -0.3 is 10.0 Å². The van der Waals surface area contributed by atoms with Crippen molar-refractivity contribution in [2.45, 2.75) is 19.9 Å². The molecule has 0 aliphatic carbocycles. The lowest BCUT2D eigenvalue weighted by atomic mass is 9.81. The normalized spacial score (nSPS) is 28.3. The average Bonchev–Trinajstić information content (AvgIpc) is 3.10. The Morgan fingerprint density at radius 3 is 2.67 bits per heavy atom. The van der Waals surface area contributed by atoms with E-state index in [0.717, 1.165) is 31.3 Å². The van der Waals surface area contributed by atoms with Gasteiger partial charge in [-0.3, -0.25) is 9.48 Å². The number of carbonyl (C=O) groups is 1. The van der Waals surface area contributed by atoms with Crippen molar-refractivity contribution >= 4 is 16.0 Å². The van der Waals surface area contributed by atoms with Crippen molar-refractivity contribution in [3.63, 3.8) is 0 Å². The van der Waals surface area contributed by atoms with Crippen LogP contribution in [0.1, 0.15) is 12.0 Å². The summed E-state index contributed by atoms with van der Waals surface area (Å²) in [6, 6.07) is 0. The Morgan fingerprint density at radius 1 is 1.38 bits per heavy atom. The van der Waals surface area contributed by atoms with Crippen molar-refractivity contribution in [3.05, 3.63) is 18.0 Å². The first-order valence-corrected chi connectivity index (χ1v) is 9.95. The molecule has 0 amide bonds. The van der Waals surface area contributed by atoms with E-state index >= 15 is 0 Å². The van der Waals surface area contributed by atoms with E-state index in [1.807, 2.05) is 24.0 Å². The van der Waals surface area contributed by atoms with Crippen LogP contribution >= 0.6 is 0 Å². The number of likely N-dealkylation sites (tertiary alicyclic amines) is 1. The van der Waals surface area contributed by atoms with Crippen LogP contribution in [0.2, 0.25) is 0 Å². The second-order valence-electron chi connectivity index (χ2n) is 7.08. The smallest absolute Gasteiger partial charge is 0.312 e. The first-order valence-electron chi connectivity index (χ1n) is 8.11. The Kier molecular flexibility index (Phi) is 4.43. The Morgan fingerprint density at radius 2 is 2.12 bits per heavy atom. The van der Waals surface area contributed by atoms with Crippen LogP contribution in [-0.2, 0) is 21.4 Å². The summed E-state index contributed by atoms with van der Waals surface area (Å²) in [4.78, 5) is 14.0. The SMILES string of the molecule is Cc1cnn(CCCN2C[C@H]3CN(S(C)(=O)=O)C[C@@]3(C(=O)O)C2)c1. The fourth-order valence-electron chi connectivity index (χ4n) is 3.89. The van der Waals surface area contributed by atoms with E-state index in [4.69, 9.17) is 0 Å². The van der Waals surface area contributed by atoms with E-state index in [-0.39, 0.29) is 12.5 Å². The maximum absolute atomic E-state index is 11.9. The molecular formula is C15H24N4O4S. The molecule has 2 aliphatic rings. The van der Waals surface area contributed by atoms with Crippen LogP contribution in [0.3, 0.4) is 0 Å². The van der Waals surface area contributed by atoms with Crippen LogP contribution in [0, 0.1) is 18.3 Å². The molecule has 0 aromatic carbocycles. The summed E-state index contributed by atoms with van der Waals surface area (Å²) in [5.41, 5.74) is 0.155. The Labute approximate surface area is 142 Å². The minimum absolute atomic E-state index is 0.0840. The highest BCUT2D eigenvalue weighted by atomic mass is 32.2. The largest absolute Gasteiger partial charge is 0.481 e. The zero-order chi connectivity index (χ0) is 17.5. The molecule has 0 spiro atoms. The van der Waals surface area contributed by atoms with Gasteiger partial charge in [0, 0.05) is 44.8 Å². The van der Waals surface area contributed by atoms with Crippen molar-refractivity contribution in [2.75, 3.05) is 39.0 Å². The molecule has 24 heavy (non-hydrogen) atoms. The minimum atomic E-state index is -3.34. The Bertz CT molecular complexity index is 732. The van der Waals surface area contributed by atoms with Crippen LogP contribution in [0.5, 0.6) is 0 Å². The van der Waals surface area contributed by atoms with E-state index in [2.05, 4.69) is 10.00 Å². The van der Waals surface area contributed by atoms with E-state index in [1.54, 1.807) is 0 Å². The lowest BCUT2D eigenvalue weighted by Gasteiger charge is -2.24.